The molecule has 5 N–H and O–H groups in total. The minimum atomic E-state index is -4.51. The lowest BCUT2D eigenvalue weighted by Crippen LogP contribution is -2.42. The number of benzene rings is 1. The summed E-state index contributed by atoms with van der Waals surface area (Å²) in [7, 11) is 0. The van der Waals surface area contributed by atoms with E-state index in [-0.39, 0.29) is 11.9 Å². The third-order valence-electron chi connectivity index (χ3n) is 6.12. The number of carbonyl (C=O) groups is 2. The second-order valence-corrected chi connectivity index (χ2v) is 9.13. The maximum atomic E-state index is 12.5. The van der Waals surface area contributed by atoms with E-state index in [1.165, 1.54) is 12.4 Å². The van der Waals surface area contributed by atoms with Gasteiger partial charge in [-0.15, -0.1) is 0 Å². The zero-order valence-corrected chi connectivity index (χ0v) is 21.6. The summed E-state index contributed by atoms with van der Waals surface area (Å²) >= 11 is 0. The molecule has 0 aliphatic carbocycles. The van der Waals surface area contributed by atoms with E-state index in [0.29, 0.717) is 46.9 Å². The lowest BCUT2D eigenvalue weighted by Gasteiger charge is -2.23. The maximum Gasteiger partial charge on any atom is 0.405 e. The largest absolute Gasteiger partial charge is 0.405 e. The van der Waals surface area contributed by atoms with Crippen molar-refractivity contribution in [2.45, 2.75) is 38.0 Å². The van der Waals surface area contributed by atoms with Crippen LogP contribution in [0.5, 0.6) is 0 Å². The highest BCUT2D eigenvalue weighted by atomic mass is 19.4. The lowest BCUT2D eigenvalue weighted by molar-refractivity contribution is -0.123. The number of halogens is 3. The topological polar surface area (TPSA) is 148 Å². The number of carbonyl (C=O) groups excluding carboxylic acids is 2. The Morgan fingerprint density at radius 2 is 2.02 bits per heavy atom. The van der Waals surface area contributed by atoms with Crippen LogP contribution < -0.4 is 21.7 Å². The Hall–Kier alpha value is -4.46. The van der Waals surface area contributed by atoms with E-state index in [9.17, 15) is 22.8 Å². The van der Waals surface area contributed by atoms with Gasteiger partial charge in [0.1, 0.15) is 12.6 Å². The summed E-state index contributed by atoms with van der Waals surface area (Å²) in [6.07, 6.45) is 3.06. The highest BCUT2D eigenvalue weighted by Gasteiger charge is 2.27. The van der Waals surface area contributed by atoms with Crippen molar-refractivity contribution in [1.29, 1.82) is 0 Å². The molecule has 3 heterocycles. The van der Waals surface area contributed by atoms with Gasteiger partial charge in [-0.05, 0) is 38.0 Å². The Morgan fingerprint density at radius 1 is 1.25 bits per heavy atom. The van der Waals surface area contributed by atoms with Gasteiger partial charge in [-0.1, -0.05) is 12.1 Å². The molecule has 1 unspecified atom stereocenters. The van der Waals surface area contributed by atoms with Gasteiger partial charge in [-0.2, -0.15) is 18.3 Å². The van der Waals surface area contributed by atoms with Crippen molar-refractivity contribution < 1.29 is 27.5 Å². The van der Waals surface area contributed by atoms with E-state index < -0.39 is 24.8 Å². The Labute approximate surface area is 227 Å². The molecule has 3 aromatic rings. The Bertz CT molecular complexity index is 1410. The summed E-state index contributed by atoms with van der Waals surface area (Å²) in [6.45, 7) is 1.51. The van der Waals surface area contributed by atoms with E-state index in [1.54, 1.807) is 59.5 Å². The summed E-state index contributed by atoms with van der Waals surface area (Å²) in [4.78, 5) is 33.1. The van der Waals surface area contributed by atoms with Crippen LogP contribution in [0.4, 0.5) is 23.7 Å². The van der Waals surface area contributed by atoms with E-state index >= 15 is 0 Å². The molecule has 1 aliphatic rings. The SMILES string of the molecule is CC(N=CC(=CN)c1cnn2c(-c3cccc(NC(=O)NCC(F)(F)F)c3)cnc2c1)C(=O)NC1CCOCC1. The predicted octanol–water partition coefficient (Wildman–Crippen LogP) is 3.13. The summed E-state index contributed by atoms with van der Waals surface area (Å²) in [5, 5.41) is 11.6. The average molecular weight is 559 g/mol. The van der Waals surface area contributed by atoms with Gasteiger partial charge < -0.3 is 26.4 Å². The molecule has 0 bridgehead atoms. The maximum absolute atomic E-state index is 12.5. The molecule has 4 rings (SSSR count). The first-order valence-electron chi connectivity index (χ1n) is 12.5. The van der Waals surface area contributed by atoms with E-state index in [1.807, 2.05) is 0 Å². The van der Waals surface area contributed by atoms with Gasteiger partial charge in [0.2, 0.25) is 5.91 Å². The van der Waals surface area contributed by atoms with Crippen LogP contribution in [0.15, 0.2) is 53.9 Å². The molecule has 1 fully saturated rings. The summed E-state index contributed by atoms with van der Waals surface area (Å²) in [6, 6.07) is 6.77. The number of anilines is 1. The number of ether oxygens (including phenoxy) is 1. The van der Waals surface area contributed by atoms with Crippen molar-refractivity contribution >= 4 is 35.1 Å². The molecule has 212 valence electrons. The fraction of sp³-hybridized carbons (Fsp3) is 0.346. The Kier molecular flexibility index (Phi) is 8.99. The number of aliphatic imine (C=N–C) groups is 1. The van der Waals surface area contributed by atoms with Crippen LogP contribution in [-0.4, -0.2) is 70.8 Å². The second kappa shape index (κ2) is 12.6. The second-order valence-electron chi connectivity index (χ2n) is 9.13. The van der Waals surface area contributed by atoms with Crippen LogP contribution in [0.25, 0.3) is 22.5 Å². The number of nitrogens with two attached hydrogens (primary N) is 1. The summed E-state index contributed by atoms with van der Waals surface area (Å²) < 4.78 is 43.9. The number of fused-ring (bicyclic) bond motifs is 1. The van der Waals surface area contributed by atoms with E-state index in [0.717, 1.165) is 12.8 Å². The minimum Gasteiger partial charge on any atom is -0.404 e. The first-order chi connectivity index (χ1) is 19.1. The van der Waals surface area contributed by atoms with Gasteiger partial charge >= 0.3 is 12.2 Å². The normalized spacial score (nSPS) is 15.8. The number of urea groups is 1. The number of rotatable bonds is 8. The molecular formula is C26H29F3N8O3. The first kappa shape index (κ1) is 28.5. The monoisotopic (exact) mass is 558 g/mol. The zero-order chi connectivity index (χ0) is 28.7. The highest BCUT2D eigenvalue weighted by Crippen LogP contribution is 2.24. The van der Waals surface area contributed by atoms with E-state index in [4.69, 9.17) is 10.5 Å². The quantitative estimate of drug-likeness (QED) is 0.312. The molecule has 11 nitrogen and oxygen atoms in total. The highest BCUT2D eigenvalue weighted by molar-refractivity contribution is 6.10. The van der Waals surface area contributed by atoms with Crippen molar-refractivity contribution in [3.8, 4) is 11.3 Å². The van der Waals surface area contributed by atoms with Crippen molar-refractivity contribution in [2.75, 3.05) is 25.1 Å². The first-order valence-corrected chi connectivity index (χ1v) is 12.5. The van der Waals surface area contributed by atoms with Crippen LogP contribution in [0.2, 0.25) is 0 Å². The average Bonchev–Trinajstić information content (AvgIpc) is 3.36. The summed E-state index contributed by atoms with van der Waals surface area (Å²) in [5.41, 5.74) is 9.01. The van der Waals surface area contributed by atoms with Gasteiger partial charge in [0.05, 0.1) is 18.1 Å². The van der Waals surface area contributed by atoms with Crippen molar-refractivity contribution in [3.05, 3.63) is 54.5 Å². The number of hydrogen-bond acceptors (Lipinski definition) is 7. The minimum absolute atomic E-state index is 0.0766. The molecule has 0 saturated carbocycles. The number of nitrogens with zero attached hydrogens (tertiary/aromatic N) is 4. The lowest BCUT2D eigenvalue weighted by atomic mass is 10.1. The number of aromatic nitrogens is 3. The van der Waals surface area contributed by atoms with Gasteiger partial charge in [0.25, 0.3) is 0 Å². The van der Waals surface area contributed by atoms with Gasteiger partial charge in [-0.25, -0.2) is 14.3 Å². The number of imidazole rings is 1. The van der Waals surface area contributed by atoms with Crippen LogP contribution in [0, 0.1) is 0 Å². The fourth-order valence-electron chi connectivity index (χ4n) is 3.98. The molecule has 1 aliphatic heterocycles. The Morgan fingerprint density at radius 3 is 2.75 bits per heavy atom. The number of allylic oxidation sites excluding steroid dienone is 1. The zero-order valence-electron chi connectivity index (χ0n) is 21.6. The standard InChI is InChI=1S/C26H29F3N8O3/c1-16(24(38)35-20-5-7-40-8-6-20)31-12-19(11-30)18-10-23-32-14-22(37(23)34-13-18)17-3-2-4-21(9-17)36-25(39)33-15-26(27,28)29/h2-4,9-14,16,20H,5-8,15,30H2,1H3,(H,35,38)(H2,33,36,39). The van der Waals surface area contributed by atoms with Crippen LogP contribution >= 0.6 is 0 Å². The van der Waals surface area contributed by atoms with Crippen LogP contribution in [-0.2, 0) is 9.53 Å². The molecule has 1 saturated heterocycles. The third-order valence-corrected chi connectivity index (χ3v) is 6.12. The van der Waals surface area contributed by atoms with Gasteiger partial charge in [0.15, 0.2) is 5.65 Å². The molecule has 0 spiro atoms. The third kappa shape index (κ3) is 7.56. The molecule has 1 atom stereocenters. The summed E-state index contributed by atoms with van der Waals surface area (Å²) in [5.74, 6) is -0.180. The van der Waals surface area contributed by atoms with Crippen LogP contribution in [0.1, 0.15) is 25.3 Å². The number of alkyl halides is 3. The molecule has 14 heteroatoms. The van der Waals surface area contributed by atoms with E-state index in [2.05, 4.69) is 25.7 Å². The van der Waals surface area contributed by atoms with Gasteiger partial charge in [-0.3, -0.25) is 9.79 Å². The van der Waals surface area contributed by atoms with Crippen molar-refractivity contribution in [3.63, 3.8) is 0 Å². The predicted molar refractivity (Wildman–Crippen MR) is 144 cm³/mol. The Balaban J connectivity index is 1.45. The van der Waals surface area contributed by atoms with Crippen LogP contribution in [0.3, 0.4) is 0 Å². The molecule has 1 aromatic carbocycles. The van der Waals surface area contributed by atoms with Crippen molar-refractivity contribution in [1.82, 2.24) is 25.2 Å². The number of hydrogen-bond donors (Lipinski definition) is 4. The van der Waals surface area contributed by atoms with Crippen molar-refractivity contribution in [2.24, 2.45) is 10.7 Å². The number of nitrogens with one attached hydrogen (secondary N) is 3. The number of amides is 3. The molecule has 3 amide bonds. The molecule has 0 radical (unpaired) electrons. The molecular weight excluding hydrogens is 529 g/mol. The van der Waals surface area contributed by atoms with Gasteiger partial charge in [0, 0.05) is 54.1 Å². The molecule has 2 aromatic heterocycles. The smallest absolute Gasteiger partial charge is 0.404 e. The molecule has 40 heavy (non-hydrogen) atoms. The fourth-order valence-corrected chi connectivity index (χ4v) is 3.98.